The molecule has 2 unspecified atom stereocenters. The second kappa shape index (κ2) is 4.99. The van der Waals surface area contributed by atoms with E-state index in [4.69, 9.17) is 0 Å². The molecule has 0 bridgehead atoms. The number of rotatable bonds is 2. The van der Waals surface area contributed by atoms with Crippen molar-refractivity contribution < 1.29 is 0 Å². The summed E-state index contributed by atoms with van der Waals surface area (Å²) in [5.74, 6) is 0.743. The molecule has 1 aliphatic heterocycles. The van der Waals surface area contributed by atoms with Crippen molar-refractivity contribution in [1.29, 1.82) is 0 Å². The van der Waals surface area contributed by atoms with E-state index in [-0.39, 0.29) is 7.50 Å². The van der Waals surface area contributed by atoms with E-state index in [1.54, 1.807) is 21.6 Å². The van der Waals surface area contributed by atoms with Gasteiger partial charge in [0.1, 0.15) is 0 Å². The molecule has 0 amide bonds. The molecule has 100 valence electrons. The minimum atomic E-state index is -0.289. The highest BCUT2D eigenvalue weighted by Gasteiger charge is 2.36. The zero-order valence-corrected chi connectivity index (χ0v) is 14.1. The summed E-state index contributed by atoms with van der Waals surface area (Å²) in [6.45, 7) is 9.79. The second-order valence-corrected chi connectivity index (χ2v) is 13.2. The maximum atomic E-state index is 2.49. The topological polar surface area (TPSA) is 0 Å². The van der Waals surface area contributed by atoms with E-state index in [0.717, 1.165) is 17.6 Å². The molecular weight excluding hydrogens is 264 g/mol. The van der Waals surface area contributed by atoms with Gasteiger partial charge in [-0.3, -0.25) is 0 Å². The smallest absolute Gasteiger partial charge is 0.0425 e. The Bertz CT molecular complexity index is 605. The van der Waals surface area contributed by atoms with Crippen LogP contribution in [0.25, 0.3) is 0 Å². The molecule has 1 heterocycles. The number of hydrogen-bond donors (Lipinski definition) is 0. The third kappa shape index (κ3) is 2.05. The fraction of sp³-hybridized carbons (Fsp3) is 0.412. The average molecular weight is 287 g/mol. The Kier molecular flexibility index (Phi) is 3.48. The minimum Gasteiger partial charge on any atom is -0.174 e. The molecule has 0 spiro atoms. The summed E-state index contributed by atoms with van der Waals surface area (Å²) in [6, 6.07) is 0. The molecule has 2 aliphatic carbocycles. The molecule has 3 rings (SSSR count). The Hall–Kier alpha value is -0.733. The van der Waals surface area contributed by atoms with Crippen LogP contribution in [-0.4, -0.2) is 12.8 Å². The molecule has 0 fully saturated rings. The molecule has 3 aliphatic rings. The molecule has 0 saturated carbocycles. The van der Waals surface area contributed by atoms with Gasteiger partial charge in [-0.2, -0.15) is 9.89 Å². The molecule has 2 atom stereocenters. The Morgan fingerprint density at radius 1 is 1.21 bits per heavy atom. The van der Waals surface area contributed by atoms with Crippen LogP contribution in [0.1, 0.15) is 20.3 Å². The van der Waals surface area contributed by atoms with Gasteiger partial charge in [-0.1, -0.05) is 57.3 Å². The van der Waals surface area contributed by atoms with Gasteiger partial charge in [0, 0.05) is 17.7 Å². The summed E-state index contributed by atoms with van der Waals surface area (Å²) in [6.07, 6.45) is 15.0. The van der Waals surface area contributed by atoms with Gasteiger partial charge in [-0.05, 0) is 35.1 Å². The van der Waals surface area contributed by atoms with Crippen LogP contribution in [0.15, 0.2) is 58.1 Å². The zero-order valence-electron chi connectivity index (χ0n) is 12.2. The summed E-state index contributed by atoms with van der Waals surface area (Å²) < 4.78 is 0. The SMILES string of the molecule is CC(C)C1C(C2=CC=CC2)=C2C=CC=C2S1=[Si](C)C. The van der Waals surface area contributed by atoms with Gasteiger partial charge >= 0.3 is 0 Å². The van der Waals surface area contributed by atoms with Crippen molar-refractivity contribution in [2.45, 2.75) is 38.6 Å². The highest BCUT2D eigenvalue weighted by molar-refractivity contribution is 8.25. The first-order valence-electron chi connectivity index (χ1n) is 7.13. The molecule has 0 aromatic carbocycles. The molecule has 0 aromatic heterocycles. The second-order valence-electron chi connectivity index (χ2n) is 5.95. The van der Waals surface area contributed by atoms with Crippen LogP contribution in [0.2, 0.25) is 13.1 Å². The van der Waals surface area contributed by atoms with Crippen molar-refractivity contribution in [3.8, 4) is 0 Å². The number of fused-ring (bicyclic) bond motifs is 1. The van der Waals surface area contributed by atoms with Crippen molar-refractivity contribution >= 4 is 17.4 Å². The summed E-state index contributed by atoms with van der Waals surface area (Å²) >= 11 is 0. The van der Waals surface area contributed by atoms with Crippen molar-refractivity contribution in [3.63, 3.8) is 0 Å². The van der Waals surface area contributed by atoms with Gasteiger partial charge in [0.15, 0.2) is 0 Å². The molecule has 0 N–H and O–H groups in total. The van der Waals surface area contributed by atoms with Gasteiger partial charge in [0.25, 0.3) is 0 Å². The maximum absolute atomic E-state index is 2.49. The Labute approximate surface area is 120 Å². The molecule has 0 aromatic rings. The van der Waals surface area contributed by atoms with Gasteiger partial charge in [-0.25, -0.2) is 0 Å². The first-order valence-corrected chi connectivity index (χ1v) is 11.6. The molecule has 0 radical (unpaired) electrons. The summed E-state index contributed by atoms with van der Waals surface area (Å²) in [5, 5.41) is 0.765. The van der Waals surface area contributed by atoms with Crippen LogP contribution in [0, 0.1) is 5.92 Å². The third-order valence-corrected chi connectivity index (χ3v) is 11.1. The van der Waals surface area contributed by atoms with Crippen LogP contribution < -0.4 is 0 Å². The van der Waals surface area contributed by atoms with Crippen LogP contribution in [0.5, 0.6) is 0 Å². The van der Waals surface area contributed by atoms with Crippen LogP contribution in [-0.2, 0) is 0 Å². The molecular formula is C17H22SSi. The Morgan fingerprint density at radius 3 is 2.58 bits per heavy atom. The fourth-order valence-corrected chi connectivity index (χ4v) is 10.8. The first kappa shape index (κ1) is 13.3. The number of allylic oxidation sites excluding steroid dienone is 8. The van der Waals surface area contributed by atoms with Crippen molar-refractivity contribution in [2.75, 3.05) is 0 Å². The molecule has 0 saturated heterocycles. The zero-order chi connectivity index (χ0) is 13.6. The van der Waals surface area contributed by atoms with Crippen LogP contribution in [0.3, 0.4) is 0 Å². The van der Waals surface area contributed by atoms with Gasteiger partial charge in [0.05, 0.1) is 0 Å². The van der Waals surface area contributed by atoms with Crippen LogP contribution in [0.4, 0.5) is 0 Å². The molecule has 19 heavy (non-hydrogen) atoms. The average Bonchev–Trinajstić information content (AvgIpc) is 3.03. The minimum absolute atomic E-state index is 0.289. The molecule has 2 heteroatoms. The lowest BCUT2D eigenvalue weighted by molar-refractivity contribution is 0.662. The van der Waals surface area contributed by atoms with Crippen molar-refractivity contribution in [3.05, 3.63) is 58.1 Å². The summed E-state index contributed by atoms with van der Waals surface area (Å²) in [4.78, 5) is 1.67. The van der Waals surface area contributed by atoms with Gasteiger partial charge < -0.3 is 0 Å². The summed E-state index contributed by atoms with van der Waals surface area (Å²) in [7, 11) is 0.190. The van der Waals surface area contributed by atoms with Gasteiger partial charge in [-0.15, -0.1) is 0 Å². The monoisotopic (exact) mass is 286 g/mol. The van der Waals surface area contributed by atoms with E-state index in [0.29, 0.717) is 9.89 Å². The lowest BCUT2D eigenvalue weighted by Gasteiger charge is -2.25. The predicted octanol–water partition coefficient (Wildman–Crippen LogP) is 5.18. The largest absolute Gasteiger partial charge is 0.174 e. The van der Waals surface area contributed by atoms with E-state index >= 15 is 0 Å². The fourth-order valence-electron chi connectivity index (χ4n) is 3.31. The predicted molar refractivity (Wildman–Crippen MR) is 89.8 cm³/mol. The maximum Gasteiger partial charge on any atom is 0.0425 e. The third-order valence-electron chi connectivity index (χ3n) is 4.00. The lowest BCUT2D eigenvalue weighted by Crippen LogP contribution is -2.16. The van der Waals surface area contributed by atoms with Crippen molar-refractivity contribution in [1.82, 2.24) is 0 Å². The quantitative estimate of drug-likeness (QED) is 0.613. The Morgan fingerprint density at radius 2 is 2.00 bits per heavy atom. The standard InChI is InChI=1S/C17H22SSi/c1-12(2)17-16(13-8-5-6-9-13)14-10-7-11-15(14)18(17)19(3)4/h5-8,10-12,17H,9H2,1-4H3. The van der Waals surface area contributed by atoms with E-state index in [9.17, 15) is 0 Å². The van der Waals surface area contributed by atoms with E-state index in [1.807, 2.05) is 0 Å². The van der Waals surface area contributed by atoms with Crippen LogP contribution >= 0.6 is 9.89 Å². The summed E-state index contributed by atoms with van der Waals surface area (Å²) in [5.41, 5.74) is 4.82. The lowest BCUT2D eigenvalue weighted by atomic mass is 9.91. The van der Waals surface area contributed by atoms with E-state index in [1.165, 1.54) is 0 Å². The highest BCUT2D eigenvalue weighted by Crippen LogP contribution is 2.55. The van der Waals surface area contributed by atoms with Crippen molar-refractivity contribution in [2.24, 2.45) is 5.92 Å². The van der Waals surface area contributed by atoms with E-state index in [2.05, 4.69) is 63.4 Å². The molecule has 0 nitrogen and oxygen atoms in total. The Balaban J connectivity index is 2.19. The van der Waals surface area contributed by atoms with Gasteiger partial charge in [0.2, 0.25) is 0 Å². The normalized spacial score (nSPS) is 28.3. The highest BCUT2D eigenvalue weighted by atomic mass is 32.3. The first-order chi connectivity index (χ1) is 9.11. The van der Waals surface area contributed by atoms with E-state index < -0.39 is 0 Å². The number of hydrogen-bond acceptors (Lipinski definition) is 0.